The van der Waals surface area contributed by atoms with Gasteiger partial charge in [0.15, 0.2) is 0 Å². The first-order valence-electron chi connectivity index (χ1n) is 6.64. The molecule has 0 atom stereocenters. The van der Waals surface area contributed by atoms with Crippen LogP contribution in [0.25, 0.3) is 0 Å². The summed E-state index contributed by atoms with van der Waals surface area (Å²) in [7, 11) is 0. The van der Waals surface area contributed by atoms with E-state index in [1.807, 2.05) is 12.1 Å². The van der Waals surface area contributed by atoms with Crippen LogP contribution in [-0.4, -0.2) is 47.9 Å². The van der Waals surface area contributed by atoms with Crippen LogP contribution in [0.15, 0.2) is 18.2 Å². The fraction of sp³-hybridized carbons (Fsp3) is 0.571. The van der Waals surface area contributed by atoms with Gasteiger partial charge in [0, 0.05) is 37.1 Å². The second-order valence-electron chi connectivity index (χ2n) is 4.87. The Kier molecular flexibility index (Phi) is 6.07. The quantitative estimate of drug-likeness (QED) is 0.769. The molecule has 106 valence electrons. The molecule has 1 aliphatic heterocycles. The minimum Gasteiger partial charge on any atom is -0.301 e. The smallest absolute Gasteiger partial charge is 0.146 e. The van der Waals surface area contributed by atoms with Crippen LogP contribution in [0.4, 0.5) is 4.39 Å². The van der Waals surface area contributed by atoms with Gasteiger partial charge < -0.3 is 4.90 Å². The standard InChI is InChI=1S/C14H19BrClFN2/c15-5-8-18-6-2-7-19(10-9-18)11-12-3-1-4-13(16)14(12)17/h1,3-4H,2,5-11H2. The topological polar surface area (TPSA) is 6.48 Å². The minimum absolute atomic E-state index is 0.216. The Bertz CT molecular complexity index is 416. The average molecular weight is 350 g/mol. The number of rotatable bonds is 4. The monoisotopic (exact) mass is 348 g/mol. The molecule has 0 N–H and O–H groups in total. The fourth-order valence-electron chi connectivity index (χ4n) is 2.44. The summed E-state index contributed by atoms with van der Waals surface area (Å²) in [6, 6.07) is 5.23. The molecule has 0 spiro atoms. The van der Waals surface area contributed by atoms with Crippen molar-refractivity contribution in [3.63, 3.8) is 0 Å². The molecule has 2 rings (SSSR count). The molecule has 0 saturated carbocycles. The Morgan fingerprint density at radius 1 is 1.16 bits per heavy atom. The largest absolute Gasteiger partial charge is 0.301 e. The number of hydrogen-bond acceptors (Lipinski definition) is 2. The number of halogens is 3. The van der Waals surface area contributed by atoms with Crippen molar-refractivity contribution in [3.05, 3.63) is 34.6 Å². The van der Waals surface area contributed by atoms with Crippen molar-refractivity contribution in [1.29, 1.82) is 0 Å². The number of alkyl halides is 1. The molecule has 0 radical (unpaired) electrons. The van der Waals surface area contributed by atoms with Crippen molar-refractivity contribution < 1.29 is 4.39 Å². The summed E-state index contributed by atoms with van der Waals surface area (Å²) in [4.78, 5) is 4.76. The Morgan fingerprint density at radius 2 is 1.89 bits per heavy atom. The molecule has 0 aliphatic carbocycles. The van der Waals surface area contributed by atoms with Crippen molar-refractivity contribution >= 4 is 27.5 Å². The molecule has 5 heteroatoms. The van der Waals surface area contributed by atoms with Crippen molar-refractivity contribution in [2.75, 3.05) is 38.1 Å². The highest BCUT2D eigenvalue weighted by Gasteiger charge is 2.16. The Hall–Kier alpha value is -0.160. The Labute approximate surface area is 127 Å². The lowest BCUT2D eigenvalue weighted by molar-refractivity contribution is 0.256. The number of hydrogen-bond donors (Lipinski definition) is 0. The van der Waals surface area contributed by atoms with Gasteiger partial charge in [-0.15, -0.1) is 0 Å². The maximum absolute atomic E-state index is 13.9. The maximum atomic E-state index is 13.9. The van der Waals surface area contributed by atoms with Gasteiger partial charge in [-0.25, -0.2) is 4.39 Å². The predicted molar refractivity (Wildman–Crippen MR) is 81.5 cm³/mol. The molecule has 2 nitrogen and oxygen atoms in total. The van der Waals surface area contributed by atoms with Gasteiger partial charge in [-0.1, -0.05) is 39.7 Å². The van der Waals surface area contributed by atoms with Crippen LogP contribution < -0.4 is 0 Å². The molecule has 1 heterocycles. The zero-order chi connectivity index (χ0) is 13.7. The van der Waals surface area contributed by atoms with Gasteiger partial charge in [-0.3, -0.25) is 4.90 Å². The molecule has 1 aromatic carbocycles. The second-order valence-corrected chi connectivity index (χ2v) is 6.07. The van der Waals surface area contributed by atoms with E-state index in [1.165, 1.54) is 0 Å². The number of nitrogens with zero attached hydrogens (tertiary/aromatic N) is 2. The molecule has 1 aliphatic rings. The molecule has 1 saturated heterocycles. The molecule has 19 heavy (non-hydrogen) atoms. The average Bonchev–Trinajstić information content (AvgIpc) is 2.61. The molecule has 0 aromatic heterocycles. The summed E-state index contributed by atoms with van der Waals surface area (Å²) in [5.41, 5.74) is 0.696. The summed E-state index contributed by atoms with van der Waals surface area (Å²) < 4.78 is 13.9. The van der Waals surface area contributed by atoms with Gasteiger partial charge in [0.2, 0.25) is 0 Å². The van der Waals surface area contributed by atoms with Gasteiger partial charge in [-0.2, -0.15) is 0 Å². The number of benzene rings is 1. The Morgan fingerprint density at radius 3 is 2.68 bits per heavy atom. The summed E-state index contributed by atoms with van der Waals surface area (Å²) in [6.45, 7) is 5.91. The lowest BCUT2D eigenvalue weighted by Crippen LogP contribution is -2.31. The van der Waals surface area contributed by atoms with Gasteiger partial charge in [0.25, 0.3) is 0 Å². The van der Waals surface area contributed by atoms with Crippen molar-refractivity contribution in [1.82, 2.24) is 9.80 Å². The summed E-state index contributed by atoms with van der Waals surface area (Å²) >= 11 is 9.30. The van der Waals surface area contributed by atoms with E-state index in [4.69, 9.17) is 11.6 Å². The highest BCUT2D eigenvalue weighted by atomic mass is 79.9. The maximum Gasteiger partial charge on any atom is 0.146 e. The van der Waals surface area contributed by atoms with Gasteiger partial charge in [-0.05, 0) is 25.6 Å². The third-order valence-corrected chi connectivity index (χ3v) is 4.15. The SMILES string of the molecule is Fc1c(Cl)cccc1CN1CCCN(CCBr)CC1. The predicted octanol–water partition coefficient (Wildman–Crippen LogP) is 3.38. The van der Waals surface area contributed by atoms with E-state index in [9.17, 15) is 4.39 Å². The van der Waals surface area contributed by atoms with Crippen LogP contribution in [0.3, 0.4) is 0 Å². The Balaban J connectivity index is 1.94. The third-order valence-electron chi connectivity index (χ3n) is 3.51. The first-order valence-corrected chi connectivity index (χ1v) is 8.14. The van der Waals surface area contributed by atoms with E-state index in [0.717, 1.165) is 44.5 Å². The molecule has 1 aromatic rings. The van der Waals surface area contributed by atoms with E-state index in [-0.39, 0.29) is 10.8 Å². The zero-order valence-corrected chi connectivity index (χ0v) is 13.3. The minimum atomic E-state index is -0.272. The van der Waals surface area contributed by atoms with E-state index in [0.29, 0.717) is 12.1 Å². The van der Waals surface area contributed by atoms with Crippen LogP contribution >= 0.6 is 27.5 Å². The summed E-state index contributed by atoms with van der Waals surface area (Å²) in [5.74, 6) is -0.272. The normalized spacial score (nSPS) is 18.5. The van der Waals surface area contributed by atoms with Crippen LogP contribution in [0.5, 0.6) is 0 Å². The van der Waals surface area contributed by atoms with E-state index in [1.54, 1.807) is 6.07 Å². The van der Waals surface area contributed by atoms with E-state index < -0.39 is 0 Å². The van der Waals surface area contributed by atoms with Crippen LogP contribution in [-0.2, 0) is 6.54 Å². The van der Waals surface area contributed by atoms with Gasteiger partial charge >= 0.3 is 0 Å². The van der Waals surface area contributed by atoms with Crippen LogP contribution in [0.1, 0.15) is 12.0 Å². The molecular formula is C14H19BrClFN2. The highest BCUT2D eigenvalue weighted by molar-refractivity contribution is 9.09. The van der Waals surface area contributed by atoms with Crippen molar-refractivity contribution in [2.45, 2.75) is 13.0 Å². The second kappa shape index (κ2) is 7.58. The van der Waals surface area contributed by atoms with Crippen LogP contribution in [0.2, 0.25) is 5.02 Å². The molecular weight excluding hydrogens is 331 g/mol. The fourth-order valence-corrected chi connectivity index (χ4v) is 3.13. The lowest BCUT2D eigenvalue weighted by Gasteiger charge is -2.21. The lowest BCUT2D eigenvalue weighted by atomic mass is 10.2. The first kappa shape index (κ1) is 15.2. The molecule has 0 unspecified atom stereocenters. The van der Waals surface area contributed by atoms with Crippen molar-refractivity contribution in [3.8, 4) is 0 Å². The van der Waals surface area contributed by atoms with Gasteiger partial charge in [0.05, 0.1) is 5.02 Å². The summed E-state index contributed by atoms with van der Waals surface area (Å²) in [6.07, 6.45) is 1.13. The molecule has 0 amide bonds. The molecule has 0 bridgehead atoms. The van der Waals surface area contributed by atoms with Crippen molar-refractivity contribution in [2.24, 2.45) is 0 Å². The first-order chi connectivity index (χ1) is 9.20. The molecule has 1 fully saturated rings. The zero-order valence-electron chi connectivity index (χ0n) is 10.9. The van der Waals surface area contributed by atoms with E-state index in [2.05, 4.69) is 25.7 Å². The van der Waals surface area contributed by atoms with Crippen LogP contribution in [0, 0.1) is 5.82 Å². The highest BCUT2D eigenvalue weighted by Crippen LogP contribution is 2.19. The third kappa shape index (κ3) is 4.42. The van der Waals surface area contributed by atoms with E-state index >= 15 is 0 Å². The van der Waals surface area contributed by atoms with Gasteiger partial charge in [0.1, 0.15) is 5.82 Å². The summed E-state index contributed by atoms with van der Waals surface area (Å²) in [5, 5.41) is 1.23.